The summed E-state index contributed by atoms with van der Waals surface area (Å²) < 4.78 is 15.5. The van der Waals surface area contributed by atoms with Gasteiger partial charge in [-0.1, -0.05) is 168 Å². The third-order valence-electron chi connectivity index (χ3n) is 9.80. The number of carboxylic acids is 2. The molecule has 5 N–H and O–H groups in total. The van der Waals surface area contributed by atoms with E-state index in [1.54, 1.807) is 0 Å². The van der Waals surface area contributed by atoms with Crippen LogP contribution in [0.1, 0.15) is 221 Å². The first-order chi connectivity index (χ1) is 29.4. The molecule has 2 atom stereocenters. The van der Waals surface area contributed by atoms with Crippen molar-refractivity contribution in [2.45, 2.75) is 231 Å². The van der Waals surface area contributed by atoms with Gasteiger partial charge >= 0.3 is 17.9 Å². The molecule has 1 aliphatic rings. The van der Waals surface area contributed by atoms with Crippen LogP contribution in [0, 0.1) is 24.7 Å². The number of unbranched alkanes of at least 4 members (excludes halogenated alkanes) is 24. The average molecular weight is 853 g/mol. The minimum atomic E-state index is -1.07. The lowest BCUT2D eigenvalue weighted by atomic mass is 10.0. The van der Waals surface area contributed by atoms with Gasteiger partial charge in [-0.25, -0.2) is 9.59 Å². The van der Waals surface area contributed by atoms with Gasteiger partial charge in [0.25, 0.3) is 11.8 Å². The summed E-state index contributed by atoms with van der Waals surface area (Å²) in [7, 11) is -1.00. The monoisotopic (exact) mass is 853 g/mol. The zero-order chi connectivity index (χ0) is 46.4. The SMILES string of the molecule is C#CC[C@H](N)C(=O)O.C#CC[C@H](NC(=O)CCCCCCCCCCCCCCC)C(=O)O.CCCCCCCCCCCCCCCC(=O)ON1C(=O)CCC1=O.[2H]CF. The van der Waals surface area contributed by atoms with Crippen molar-refractivity contribution in [1.82, 2.24) is 10.4 Å². The van der Waals surface area contributed by atoms with E-state index < -0.39 is 49.0 Å². The van der Waals surface area contributed by atoms with E-state index in [1.165, 1.54) is 128 Å². The number of nitrogens with zero attached hydrogens (tertiary/aromatic N) is 1. The highest BCUT2D eigenvalue weighted by molar-refractivity contribution is 6.01. The van der Waals surface area contributed by atoms with Gasteiger partial charge in [0.2, 0.25) is 5.91 Å². The Morgan fingerprint density at radius 3 is 1.30 bits per heavy atom. The van der Waals surface area contributed by atoms with Crippen molar-refractivity contribution in [3.05, 3.63) is 0 Å². The summed E-state index contributed by atoms with van der Waals surface area (Å²) in [6.45, 7) is 4.50. The number of rotatable bonds is 34. The maximum atomic E-state index is 11.7. The van der Waals surface area contributed by atoms with Gasteiger partial charge in [-0.3, -0.25) is 23.6 Å². The molecule has 0 aromatic rings. The summed E-state index contributed by atoms with van der Waals surface area (Å²) in [5.41, 5.74) is 4.98. The topological polar surface area (TPSA) is 193 Å². The lowest BCUT2D eigenvalue weighted by Gasteiger charge is -2.12. The highest BCUT2D eigenvalue weighted by Crippen LogP contribution is 2.16. The largest absolute Gasteiger partial charge is 0.480 e. The zero-order valence-electron chi connectivity index (χ0n) is 38.3. The van der Waals surface area contributed by atoms with Crippen molar-refractivity contribution in [3.8, 4) is 24.7 Å². The molecule has 0 unspecified atom stereocenters. The molecule has 0 aliphatic carbocycles. The molecule has 1 rings (SSSR count). The molecule has 0 aromatic carbocycles. The molecule has 1 saturated heterocycles. The fourth-order valence-corrected chi connectivity index (χ4v) is 6.19. The lowest BCUT2D eigenvalue weighted by Crippen LogP contribution is -2.40. The van der Waals surface area contributed by atoms with E-state index >= 15 is 0 Å². The van der Waals surface area contributed by atoms with Crippen molar-refractivity contribution in [3.63, 3.8) is 0 Å². The maximum absolute atomic E-state index is 11.7. The van der Waals surface area contributed by atoms with Crippen molar-refractivity contribution in [2.75, 3.05) is 7.15 Å². The van der Waals surface area contributed by atoms with E-state index in [0.29, 0.717) is 11.5 Å². The Labute approximate surface area is 363 Å². The van der Waals surface area contributed by atoms with Gasteiger partial charge in [-0.05, 0) is 12.8 Å². The Kier molecular flexibility index (Phi) is 44.7. The van der Waals surface area contributed by atoms with E-state index in [4.69, 9.17) is 35.0 Å². The number of nitrogens with one attached hydrogen (secondary N) is 1. The first kappa shape index (κ1) is 58.1. The van der Waals surface area contributed by atoms with Crippen LogP contribution in [0.25, 0.3) is 0 Å². The first-order valence-electron chi connectivity index (χ1n) is 23.4. The number of amides is 3. The second kappa shape index (κ2) is 46.1. The third-order valence-corrected chi connectivity index (χ3v) is 9.80. The highest BCUT2D eigenvalue weighted by Gasteiger charge is 2.32. The van der Waals surface area contributed by atoms with Gasteiger partial charge in [0.1, 0.15) is 12.1 Å². The van der Waals surface area contributed by atoms with Crippen LogP contribution in [-0.4, -0.2) is 70.1 Å². The smallest absolute Gasteiger partial charge is 0.333 e. The highest BCUT2D eigenvalue weighted by atomic mass is 19.1. The van der Waals surface area contributed by atoms with Crippen molar-refractivity contribution < 1.29 is 49.6 Å². The van der Waals surface area contributed by atoms with Crippen LogP contribution in [0.15, 0.2) is 0 Å². The second-order valence-corrected chi connectivity index (χ2v) is 15.2. The number of alkyl halides is 1. The Morgan fingerprint density at radius 1 is 0.667 bits per heavy atom. The molecule has 1 aliphatic heterocycles. The fraction of sp³-hybridized carbons (Fsp3) is 0.787. The van der Waals surface area contributed by atoms with E-state index in [-0.39, 0.29) is 38.0 Å². The molecule has 1 heterocycles. The van der Waals surface area contributed by atoms with Gasteiger partial charge in [-0.2, -0.15) is 0 Å². The second-order valence-electron chi connectivity index (χ2n) is 15.2. The number of carbonyl (C=O) groups is 6. The number of hydrogen-bond acceptors (Lipinski definition) is 8. The number of aliphatic carboxylic acids is 2. The molecule has 12 nitrogen and oxygen atoms in total. The number of carbonyl (C=O) groups excluding carboxylic acids is 4. The minimum absolute atomic E-state index is 0.0275. The molecule has 60 heavy (non-hydrogen) atoms. The Balaban J connectivity index is -0.000000886. The Hall–Kier alpha value is -3.97. The van der Waals surface area contributed by atoms with Gasteiger partial charge in [0.15, 0.2) is 0 Å². The number of carboxylic acid groups (broad SMARTS) is 2. The molecule has 0 aromatic heterocycles. The molecule has 1 fully saturated rings. The summed E-state index contributed by atoms with van der Waals surface area (Å²) in [6, 6.07) is -1.86. The number of halogens is 1. The summed E-state index contributed by atoms with van der Waals surface area (Å²) in [5, 5.41) is 20.1. The summed E-state index contributed by atoms with van der Waals surface area (Å²) >= 11 is 0. The predicted octanol–water partition coefficient (Wildman–Crippen LogP) is 10.1. The number of nitrogens with two attached hydrogens (primary N) is 1. The number of imide groups is 1. The fourth-order valence-electron chi connectivity index (χ4n) is 6.19. The molecule has 0 bridgehead atoms. The predicted molar refractivity (Wildman–Crippen MR) is 237 cm³/mol. The van der Waals surface area contributed by atoms with Crippen LogP contribution in [-0.2, 0) is 33.6 Å². The van der Waals surface area contributed by atoms with Gasteiger partial charge in [-0.15, -0.1) is 29.8 Å². The number of hydroxylamine groups is 2. The number of hydrogen-bond donors (Lipinski definition) is 4. The lowest BCUT2D eigenvalue weighted by molar-refractivity contribution is -0.197. The summed E-state index contributed by atoms with van der Waals surface area (Å²) in [5.74, 6) is 0.771. The molecule has 0 spiro atoms. The van der Waals surface area contributed by atoms with Gasteiger partial charge < -0.3 is 26.1 Å². The van der Waals surface area contributed by atoms with E-state index in [1.807, 2.05) is 0 Å². The summed E-state index contributed by atoms with van der Waals surface area (Å²) in [6.07, 6.45) is 43.5. The van der Waals surface area contributed by atoms with Crippen LogP contribution in [0.5, 0.6) is 0 Å². The molecule has 0 saturated carbocycles. The Bertz CT molecular complexity index is 1210. The minimum Gasteiger partial charge on any atom is -0.480 e. The van der Waals surface area contributed by atoms with Crippen LogP contribution in [0.4, 0.5) is 4.39 Å². The van der Waals surface area contributed by atoms with E-state index in [9.17, 15) is 33.2 Å². The van der Waals surface area contributed by atoms with Crippen LogP contribution >= 0.6 is 0 Å². The summed E-state index contributed by atoms with van der Waals surface area (Å²) in [4.78, 5) is 71.6. The van der Waals surface area contributed by atoms with Crippen molar-refractivity contribution >= 4 is 35.6 Å². The quantitative estimate of drug-likeness (QED) is 0.0275. The molecule has 13 heteroatoms. The van der Waals surface area contributed by atoms with E-state index in [0.717, 1.165) is 38.5 Å². The molecule has 0 radical (unpaired) electrons. The normalized spacial score (nSPS) is 12.8. The van der Waals surface area contributed by atoms with Gasteiger partial charge in [0, 0.05) is 38.5 Å². The zero-order valence-corrected chi connectivity index (χ0v) is 37.3. The molecule has 3 amide bonds. The first-order valence-corrected chi connectivity index (χ1v) is 22.7. The average Bonchev–Trinajstić information content (AvgIpc) is 3.54. The number of terminal acetylenes is 2. The van der Waals surface area contributed by atoms with Crippen molar-refractivity contribution in [1.29, 1.82) is 0 Å². The van der Waals surface area contributed by atoms with Crippen LogP contribution < -0.4 is 11.1 Å². The van der Waals surface area contributed by atoms with Crippen LogP contribution in [0.2, 0.25) is 0 Å². The van der Waals surface area contributed by atoms with Crippen molar-refractivity contribution in [2.24, 2.45) is 5.73 Å². The molecular formula is C47H82FN3O9. The Morgan fingerprint density at radius 2 is 1.00 bits per heavy atom. The third kappa shape index (κ3) is 40.8. The molecular weight excluding hydrogens is 770 g/mol. The van der Waals surface area contributed by atoms with Gasteiger partial charge in [0.05, 0.1) is 8.52 Å². The maximum Gasteiger partial charge on any atom is 0.333 e. The van der Waals surface area contributed by atoms with E-state index in [2.05, 4.69) is 31.0 Å². The molecule has 346 valence electrons. The van der Waals surface area contributed by atoms with Crippen LogP contribution in [0.3, 0.4) is 0 Å². The standard InChI is InChI=1S/C21H37NO3.C20H35NO4.C5H7NO2.CH3F/c1-3-5-6-7-8-9-10-11-12-13-14-15-16-18-20(23)22-19(17-4-2)21(24)25;1-2-3-4-5-6-7-8-9-10-11-12-13-14-15-20(24)25-21-18(22)16-17-19(21)23;1-2-3-4(6)5(7)8;1-2/h2,19H,3,5-18H2,1H3,(H,22,23)(H,24,25);2-17H2,1H3;1,4H,3,6H2,(H,7,8);1H3/t19-;;4-;/m0.0./s1/i;;;1D.